The maximum atomic E-state index is 12.6. The van der Waals surface area contributed by atoms with E-state index in [1.807, 2.05) is 37.4 Å². The Labute approximate surface area is 170 Å². The lowest BCUT2D eigenvalue weighted by Crippen LogP contribution is -2.14. The van der Waals surface area contributed by atoms with Gasteiger partial charge < -0.3 is 4.74 Å². The molecule has 0 aliphatic carbocycles. The summed E-state index contributed by atoms with van der Waals surface area (Å²) < 4.78 is 4.59. The van der Waals surface area contributed by atoms with E-state index in [1.165, 1.54) is 23.0 Å². The highest BCUT2D eigenvalue weighted by Crippen LogP contribution is 2.27. The average molecular weight is 411 g/mol. The molecular weight excluding hydrogens is 394 g/mol. The highest BCUT2D eigenvalue weighted by Gasteiger charge is 2.19. The van der Waals surface area contributed by atoms with Crippen LogP contribution >= 0.6 is 11.3 Å². The quantitative estimate of drug-likeness (QED) is 0.379. The summed E-state index contributed by atoms with van der Waals surface area (Å²) in [5.74, 6) is -1.38. The number of aromatic nitrogens is 1. The first kappa shape index (κ1) is 20.2. The van der Waals surface area contributed by atoms with Gasteiger partial charge in [0.2, 0.25) is 0 Å². The molecule has 29 heavy (non-hydrogen) atoms. The van der Waals surface area contributed by atoms with E-state index < -0.39 is 16.8 Å². The minimum Gasteiger partial charge on any atom is -0.465 e. The molecule has 1 N–H and O–H groups in total. The monoisotopic (exact) mass is 411 g/mol. The number of nitrogens with zero attached hydrogens (tertiary/aromatic N) is 2. The predicted molar refractivity (Wildman–Crippen MR) is 109 cm³/mol. The van der Waals surface area contributed by atoms with Crippen LogP contribution in [0.5, 0.6) is 0 Å². The second kappa shape index (κ2) is 8.19. The van der Waals surface area contributed by atoms with Gasteiger partial charge in [0.25, 0.3) is 11.6 Å². The van der Waals surface area contributed by atoms with Crippen molar-refractivity contribution in [2.24, 2.45) is 0 Å². The first-order chi connectivity index (χ1) is 13.8. The van der Waals surface area contributed by atoms with Crippen molar-refractivity contribution in [2.75, 3.05) is 12.4 Å². The van der Waals surface area contributed by atoms with Gasteiger partial charge in [-0.25, -0.2) is 9.78 Å². The molecule has 0 aliphatic rings. The maximum absolute atomic E-state index is 12.6. The Morgan fingerprint density at radius 3 is 2.48 bits per heavy atom. The van der Waals surface area contributed by atoms with Crippen molar-refractivity contribution in [3.63, 3.8) is 0 Å². The lowest BCUT2D eigenvalue weighted by molar-refractivity contribution is -0.384. The molecule has 2 aromatic carbocycles. The number of non-ortho nitro benzene ring substituents is 1. The van der Waals surface area contributed by atoms with E-state index >= 15 is 0 Å². The van der Waals surface area contributed by atoms with Gasteiger partial charge in [0, 0.05) is 28.6 Å². The number of hydrogen-bond donors (Lipinski definition) is 1. The number of esters is 1. The number of thiazole rings is 1. The second-order valence-electron chi connectivity index (χ2n) is 6.31. The van der Waals surface area contributed by atoms with Crippen molar-refractivity contribution < 1.29 is 19.2 Å². The molecule has 3 rings (SSSR count). The molecule has 148 valence electrons. The fraction of sp³-hybridized carbons (Fsp3) is 0.150. The average Bonchev–Trinajstić information content (AvgIpc) is 3.17. The van der Waals surface area contributed by atoms with E-state index in [-0.39, 0.29) is 16.8 Å². The lowest BCUT2D eigenvalue weighted by atomic mass is 10.1. The number of carbonyl (C=O) groups is 2. The molecule has 0 fully saturated rings. The standard InChI is InChI=1S/C20H17N3O5S/c1-11-4-5-13(6-12(11)2)17-10-29-20(21-17)22-18(24)14-7-15(19(25)28-3)9-16(8-14)23(26)27/h4-10H,1-3H3,(H,21,22,24). The SMILES string of the molecule is COC(=O)c1cc(C(=O)Nc2nc(-c3ccc(C)c(C)c3)cs2)cc([N+](=O)[O-])c1. The van der Waals surface area contributed by atoms with Crippen molar-refractivity contribution in [2.45, 2.75) is 13.8 Å². The van der Waals surface area contributed by atoms with Crippen LogP contribution in [0.25, 0.3) is 11.3 Å². The summed E-state index contributed by atoms with van der Waals surface area (Å²) in [6.45, 7) is 4.03. The number of methoxy groups -OCH3 is 1. The number of carbonyl (C=O) groups excluding carboxylic acids is 2. The van der Waals surface area contributed by atoms with Crippen LogP contribution in [0.4, 0.5) is 10.8 Å². The van der Waals surface area contributed by atoms with Crippen LogP contribution in [0.3, 0.4) is 0 Å². The highest BCUT2D eigenvalue weighted by molar-refractivity contribution is 7.14. The fourth-order valence-electron chi connectivity index (χ4n) is 2.62. The second-order valence-corrected chi connectivity index (χ2v) is 7.17. The van der Waals surface area contributed by atoms with Crippen LogP contribution in [0.15, 0.2) is 41.8 Å². The van der Waals surface area contributed by atoms with Gasteiger partial charge >= 0.3 is 5.97 Å². The van der Waals surface area contributed by atoms with Crippen LogP contribution in [0, 0.1) is 24.0 Å². The Bertz CT molecular complexity index is 1120. The number of aryl methyl sites for hydroxylation is 2. The first-order valence-corrected chi connectivity index (χ1v) is 9.38. The van der Waals surface area contributed by atoms with Crippen molar-refractivity contribution >= 4 is 34.0 Å². The predicted octanol–water partition coefficient (Wildman–Crippen LogP) is 4.37. The third kappa shape index (κ3) is 4.46. The summed E-state index contributed by atoms with van der Waals surface area (Å²) in [5, 5.41) is 15.9. The summed E-state index contributed by atoms with van der Waals surface area (Å²) in [7, 11) is 1.16. The molecule has 1 aromatic heterocycles. The number of nitro benzene ring substituents is 1. The van der Waals surface area contributed by atoms with Gasteiger partial charge in [0.15, 0.2) is 5.13 Å². The van der Waals surface area contributed by atoms with Crippen molar-refractivity contribution in [1.82, 2.24) is 4.98 Å². The van der Waals surface area contributed by atoms with Gasteiger partial charge in [-0.1, -0.05) is 12.1 Å². The van der Waals surface area contributed by atoms with Crippen molar-refractivity contribution in [3.8, 4) is 11.3 Å². The van der Waals surface area contributed by atoms with Gasteiger partial charge in [-0.05, 0) is 37.1 Å². The Balaban J connectivity index is 1.86. The number of nitrogens with one attached hydrogen (secondary N) is 1. The Morgan fingerprint density at radius 2 is 1.83 bits per heavy atom. The van der Waals surface area contributed by atoms with Crippen LogP contribution < -0.4 is 5.32 Å². The summed E-state index contributed by atoms with van der Waals surface area (Å²) in [5.41, 5.74) is 3.44. The Morgan fingerprint density at radius 1 is 1.10 bits per heavy atom. The molecule has 0 radical (unpaired) electrons. The Kier molecular flexibility index (Phi) is 5.69. The first-order valence-electron chi connectivity index (χ1n) is 8.51. The van der Waals surface area contributed by atoms with Gasteiger partial charge in [0.1, 0.15) is 0 Å². The molecule has 0 bridgehead atoms. The van der Waals surface area contributed by atoms with E-state index in [0.29, 0.717) is 10.8 Å². The van der Waals surface area contributed by atoms with Gasteiger partial charge in [0.05, 0.1) is 23.3 Å². The molecular formula is C20H17N3O5S. The number of amides is 1. The number of nitro groups is 1. The highest BCUT2D eigenvalue weighted by atomic mass is 32.1. The van der Waals surface area contributed by atoms with Crippen LogP contribution in [0.2, 0.25) is 0 Å². The van der Waals surface area contributed by atoms with Gasteiger partial charge in [-0.3, -0.25) is 20.2 Å². The minimum atomic E-state index is -0.769. The molecule has 0 saturated carbocycles. The minimum absolute atomic E-state index is 0.0393. The number of anilines is 1. The van der Waals surface area contributed by atoms with E-state index in [2.05, 4.69) is 15.0 Å². The molecule has 0 aliphatic heterocycles. The zero-order valence-electron chi connectivity index (χ0n) is 15.9. The van der Waals surface area contributed by atoms with E-state index in [1.54, 1.807) is 0 Å². The topological polar surface area (TPSA) is 111 Å². The van der Waals surface area contributed by atoms with Crippen LogP contribution in [-0.2, 0) is 4.74 Å². The molecule has 8 nitrogen and oxygen atoms in total. The lowest BCUT2D eigenvalue weighted by Gasteiger charge is -2.05. The largest absolute Gasteiger partial charge is 0.465 e. The third-order valence-electron chi connectivity index (χ3n) is 4.34. The fourth-order valence-corrected chi connectivity index (χ4v) is 3.33. The van der Waals surface area contributed by atoms with Crippen LogP contribution in [-0.4, -0.2) is 28.9 Å². The molecule has 0 saturated heterocycles. The zero-order chi connectivity index (χ0) is 21.1. The zero-order valence-corrected chi connectivity index (χ0v) is 16.7. The smallest absolute Gasteiger partial charge is 0.338 e. The molecule has 0 unspecified atom stereocenters. The number of hydrogen-bond acceptors (Lipinski definition) is 7. The molecule has 1 amide bonds. The number of rotatable bonds is 5. The Hall–Kier alpha value is -3.59. The summed E-state index contributed by atoms with van der Waals surface area (Å²) in [6, 6.07) is 9.36. The summed E-state index contributed by atoms with van der Waals surface area (Å²) >= 11 is 1.23. The molecule has 1 heterocycles. The third-order valence-corrected chi connectivity index (χ3v) is 5.10. The van der Waals surface area contributed by atoms with E-state index in [4.69, 9.17) is 0 Å². The van der Waals surface area contributed by atoms with Crippen LogP contribution in [0.1, 0.15) is 31.8 Å². The van der Waals surface area contributed by atoms with E-state index in [0.717, 1.165) is 30.4 Å². The molecule has 0 spiro atoms. The normalized spacial score (nSPS) is 10.4. The van der Waals surface area contributed by atoms with Gasteiger partial charge in [-0.15, -0.1) is 11.3 Å². The maximum Gasteiger partial charge on any atom is 0.338 e. The number of ether oxygens (including phenoxy) is 1. The molecule has 0 atom stereocenters. The van der Waals surface area contributed by atoms with E-state index in [9.17, 15) is 19.7 Å². The van der Waals surface area contributed by atoms with Gasteiger partial charge in [-0.2, -0.15) is 0 Å². The molecule has 3 aromatic rings. The van der Waals surface area contributed by atoms with Crippen molar-refractivity contribution in [1.29, 1.82) is 0 Å². The van der Waals surface area contributed by atoms with Crippen molar-refractivity contribution in [3.05, 3.63) is 74.1 Å². The molecule has 9 heteroatoms. The summed E-state index contributed by atoms with van der Waals surface area (Å²) in [4.78, 5) is 39.2. The number of benzene rings is 2. The summed E-state index contributed by atoms with van der Waals surface area (Å²) in [6.07, 6.45) is 0.